The van der Waals surface area contributed by atoms with Gasteiger partial charge in [0, 0.05) is 17.0 Å². The largest absolute Gasteiger partial charge is 0.492 e. The van der Waals surface area contributed by atoms with Gasteiger partial charge in [-0.15, -0.1) is 10.2 Å². The zero-order valence-electron chi connectivity index (χ0n) is 19.4. The number of benzene rings is 2. The lowest BCUT2D eigenvalue weighted by atomic mass is 9.96. The lowest BCUT2D eigenvalue weighted by Gasteiger charge is -2.21. The summed E-state index contributed by atoms with van der Waals surface area (Å²) in [4.78, 5) is 36.5. The number of azo groups is 1. The highest BCUT2D eigenvalue weighted by molar-refractivity contribution is 5.90. The normalized spacial score (nSPS) is 11.3. The minimum Gasteiger partial charge on any atom is -0.492 e. The number of amides is 1. The Morgan fingerprint density at radius 2 is 1.83 bits per heavy atom. The van der Waals surface area contributed by atoms with Crippen molar-refractivity contribution in [2.75, 3.05) is 5.43 Å². The van der Waals surface area contributed by atoms with Crippen LogP contribution in [0.25, 0.3) is 11.1 Å². The molecule has 3 aromatic rings. The molecular weight excluding hydrogens is 452 g/mol. The predicted octanol–water partition coefficient (Wildman–Crippen LogP) is 4.84. The Morgan fingerprint density at radius 1 is 1.17 bits per heavy atom. The van der Waals surface area contributed by atoms with E-state index in [4.69, 9.17) is 0 Å². The van der Waals surface area contributed by atoms with E-state index in [1.54, 1.807) is 64.1 Å². The number of nitrogens with zero attached hydrogens (tertiary/aromatic N) is 5. The van der Waals surface area contributed by atoms with E-state index < -0.39 is 33.2 Å². The molecule has 3 rings (SSSR count). The van der Waals surface area contributed by atoms with E-state index in [1.165, 1.54) is 12.1 Å². The monoisotopic (exact) mass is 474 g/mol. The molecule has 1 heterocycles. The van der Waals surface area contributed by atoms with Crippen molar-refractivity contribution < 1.29 is 14.8 Å². The Hall–Kier alpha value is -4.85. The van der Waals surface area contributed by atoms with Crippen LogP contribution in [0.5, 0.6) is 5.88 Å². The van der Waals surface area contributed by atoms with Crippen molar-refractivity contribution >= 4 is 23.0 Å². The zero-order chi connectivity index (χ0) is 25.9. The number of aromatic nitrogens is 1. The average molecular weight is 474 g/mol. The molecule has 0 saturated carbocycles. The topological polar surface area (TPSA) is 163 Å². The van der Waals surface area contributed by atoms with Crippen molar-refractivity contribution in [3.05, 3.63) is 80.1 Å². The van der Waals surface area contributed by atoms with Crippen LogP contribution in [0.15, 0.2) is 63.6 Å². The number of aryl methyl sites for hydroxylation is 1. The number of nitrogens with one attached hydrogen (secondary N) is 1. The molecule has 0 fully saturated rings. The van der Waals surface area contributed by atoms with Crippen molar-refractivity contribution in [3.63, 3.8) is 0 Å². The first-order valence-corrected chi connectivity index (χ1v) is 10.4. The molecule has 0 radical (unpaired) electrons. The quantitative estimate of drug-likeness (QED) is 0.305. The van der Waals surface area contributed by atoms with E-state index in [0.717, 1.165) is 0 Å². The molecule has 0 aliphatic rings. The van der Waals surface area contributed by atoms with Crippen LogP contribution >= 0.6 is 0 Å². The Labute approximate surface area is 200 Å². The Bertz CT molecular complexity index is 1450. The molecule has 0 bridgehead atoms. The number of pyridine rings is 1. The van der Waals surface area contributed by atoms with E-state index in [0.29, 0.717) is 15.8 Å². The van der Waals surface area contributed by atoms with Gasteiger partial charge in [0.15, 0.2) is 11.4 Å². The van der Waals surface area contributed by atoms with Crippen molar-refractivity contribution in [1.29, 1.82) is 5.26 Å². The number of hydrogen-bond acceptors (Lipinski definition) is 8. The molecule has 0 aliphatic heterocycles. The zero-order valence-corrected chi connectivity index (χ0v) is 19.4. The summed E-state index contributed by atoms with van der Waals surface area (Å²) in [6, 6.07) is 14.4. The molecular formula is C24H22N6O5. The molecule has 1 amide bonds. The number of carbonyl (C=O) groups is 1. The smallest absolute Gasteiger partial charge is 0.296 e. The summed E-state index contributed by atoms with van der Waals surface area (Å²) >= 11 is 0. The van der Waals surface area contributed by atoms with Gasteiger partial charge < -0.3 is 5.11 Å². The third-order valence-corrected chi connectivity index (χ3v) is 4.98. The highest BCUT2D eigenvalue weighted by atomic mass is 16.6. The Kier molecular flexibility index (Phi) is 6.77. The second-order valence-corrected chi connectivity index (χ2v) is 8.68. The fourth-order valence-corrected chi connectivity index (χ4v) is 3.08. The molecule has 0 unspecified atom stereocenters. The third kappa shape index (κ3) is 5.06. The number of carbonyl (C=O) groups excluding carboxylic acids is 1. The van der Waals surface area contributed by atoms with Crippen LogP contribution in [0.3, 0.4) is 0 Å². The molecule has 2 aromatic carbocycles. The van der Waals surface area contributed by atoms with E-state index in [2.05, 4.69) is 15.7 Å². The van der Waals surface area contributed by atoms with E-state index in [1.807, 2.05) is 6.07 Å². The summed E-state index contributed by atoms with van der Waals surface area (Å²) in [7, 11) is 0. The summed E-state index contributed by atoms with van der Waals surface area (Å²) in [5, 5.41) is 40.2. The summed E-state index contributed by atoms with van der Waals surface area (Å²) in [5.74, 6) is -1.40. The lowest BCUT2D eigenvalue weighted by molar-refractivity contribution is -0.384. The van der Waals surface area contributed by atoms with Crippen LogP contribution in [0.4, 0.5) is 17.1 Å². The number of nitro groups is 1. The van der Waals surface area contributed by atoms with E-state index in [9.17, 15) is 30.1 Å². The number of rotatable bonds is 5. The maximum atomic E-state index is 13.1. The molecule has 35 heavy (non-hydrogen) atoms. The second kappa shape index (κ2) is 9.56. The number of nitro benzene ring substituents is 1. The van der Waals surface area contributed by atoms with E-state index in [-0.39, 0.29) is 22.6 Å². The fourth-order valence-electron chi connectivity index (χ4n) is 3.08. The van der Waals surface area contributed by atoms with Gasteiger partial charge in [0.1, 0.15) is 11.6 Å². The molecule has 0 saturated heterocycles. The molecule has 1 aromatic heterocycles. The van der Waals surface area contributed by atoms with E-state index >= 15 is 0 Å². The number of hydrogen-bond donors (Lipinski definition) is 2. The Balaban J connectivity index is 2.34. The van der Waals surface area contributed by atoms with Gasteiger partial charge in [-0.3, -0.25) is 25.1 Å². The molecule has 0 spiro atoms. The molecule has 11 heteroatoms. The summed E-state index contributed by atoms with van der Waals surface area (Å²) < 4.78 is 0.524. The van der Waals surface area contributed by atoms with Crippen LogP contribution in [-0.2, 0) is 4.79 Å². The molecule has 0 aliphatic carbocycles. The van der Waals surface area contributed by atoms with Gasteiger partial charge in [0.25, 0.3) is 11.2 Å². The summed E-state index contributed by atoms with van der Waals surface area (Å²) in [6.07, 6.45) is 0. The predicted molar refractivity (Wildman–Crippen MR) is 128 cm³/mol. The van der Waals surface area contributed by atoms with Crippen molar-refractivity contribution in [2.45, 2.75) is 27.7 Å². The van der Waals surface area contributed by atoms with Gasteiger partial charge in [-0.25, -0.2) is 0 Å². The van der Waals surface area contributed by atoms with Gasteiger partial charge >= 0.3 is 0 Å². The maximum absolute atomic E-state index is 13.1. The van der Waals surface area contributed by atoms with Crippen molar-refractivity contribution in [1.82, 2.24) is 4.68 Å². The first-order chi connectivity index (χ1) is 16.5. The second-order valence-electron chi connectivity index (χ2n) is 8.68. The fraction of sp³-hybridized carbons (Fsp3) is 0.208. The minimum absolute atomic E-state index is 0.0321. The van der Waals surface area contributed by atoms with Crippen LogP contribution < -0.4 is 11.0 Å². The van der Waals surface area contributed by atoms with Gasteiger partial charge in [0.2, 0.25) is 11.8 Å². The minimum atomic E-state index is -0.971. The SMILES string of the molecule is Cc1ccc(N=Nc2c(-c3ccccc3)c(C#N)c(=O)n(NC(=O)C(C)(C)C)c2O)c([N+](=O)[O-])c1. The standard InChI is InChI=1S/C24H22N6O5/c1-14-10-11-17(18(12-14)30(34)35)26-27-20-19(15-8-6-5-7-9-15)16(13-25)21(31)29(22(20)32)28-23(33)24(2,3)4/h5-12,32H,1-4H3,(H,28,33). The van der Waals surface area contributed by atoms with Gasteiger partial charge in [-0.05, 0) is 24.1 Å². The van der Waals surface area contributed by atoms with Crippen LogP contribution in [-0.4, -0.2) is 20.6 Å². The van der Waals surface area contributed by atoms with Crippen molar-refractivity contribution in [3.8, 4) is 23.1 Å². The molecule has 11 nitrogen and oxygen atoms in total. The van der Waals surface area contributed by atoms with Crippen LogP contribution in [0.1, 0.15) is 31.9 Å². The van der Waals surface area contributed by atoms with Crippen molar-refractivity contribution in [2.24, 2.45) is 15.6 Å². The number of nitriles is 1. The van der Waals surface area contributed by atoms with Crippen LogP contribution in [0, 0.1) is 33.8 Å². The number of aromatic hydroxyl groups is 1. The Morgan fingerprint density at radius 3 is 2.40 bits per heavy atom. The first-order valence-electron chi connectivity index (χ1n) is 10.4. The molecule has 0 atom stereocenters. The molecule has 178 valence electrons. The van der Waals surface area contributed by atoms with Gasteiger partial charge in [0.05, 0.1) is 4.92 Å². The van der Waals surface area contributed by atoms with Gasteiger partial charge in [-0.2, -0.15) is 9.94 Å². The highest BCUT2D eigenvalue weighted by Gasteiger charge is 2.28. The average Bonchev–Trinajstić information content (AvgIpc) is 2.81. The first kappa shape index (κ1) is 24.8. The third-order valence-electron chi connectivity index (χ3n) is 4.98. The lowest BCUT2D eigenvalue weighted by Crippen LogP contribution is -2.39. The summed E-state index contributed by atoms with van der Waals surface area (Å²) in [5.41, 5.74) is 0.228. The van der Waals surface area contributed by atoms with Crippen LogP contribution in [0.2, 0.25) is 0 Å². The maximum Gasteiger partial charge on any atom is 0.296 e. The molecule has 2 N–H and O–H groups in total. The van der Waals surface area contributed by atoms with Gasteiger partial charge in [-0.1, -0.05) is 57.2 Å². The highest BCUT2D eigenvalue weighted by Crippen LogP contribution is 2.40. The summed E-state index contributed by atoms with van der Waals surface area (Å²) in [6.45, 7) is 6.49.